The Morgan fingerprint density at radius 2 is 2.24 bits per heavy atom. The number of hydrogen-bond donors (Lipinski definition) is 2. The molecular weight excluding hydrogens is 321 g/mol. The van der Waals surface area contributed by atoms with E-state index in [0.29, 0.717) is 12.8 Å². The molecule has 1 fully saturated rings. The predicted molar refractivity (Wildman–Crippen MR) is 76.3 cm³/mol. The second-order valence-corrected chi connectivity index (χ2v) is 7.12. The standard InChI is InChI=1S/C12H15ClFN3O3S/c13-10-4-3-9(14)6-11(10)21(19,20)17-5-1-2-8(7-17)12(15)16-18/h3-4,6,8,18H,1-2,5,7H2,(H2,15,16). The molecule has 1 aromatic carbocycles. The number of piperidine rings is 1. The average Bonchev–Trinajstić information content (AvgIpc) is 2.49. The minimum absolute atomic E-state index is 0.0137. The van der Waals surface area contributed by atoms with E-state index in [1.807, 2.05) is 0 Å². The maximum absolute atomic E-state index is 13.3. The first-order valence-electron chi connectivity index (χ1n) is 6.29. The van der Waals surface area contributed by atoms with Crippen molar-refractivity contribution in [1.29, 1.82) is 0 Å². The van der Waals surface area contributed by atoms with Crippen LogP contribution in [0.2, 0.25) is 5.02 Å². The van der Waals surface area contributed by atoms with Crippen molar-refractivity contribution in [2.75, 3.05) is 13.1 Å². The molecule has 0 bridgehead atoms. The normalized spacial score (nSPS) is 21.4. The highest BCUT2D eigenvalue weighted by atomic mass is 35.5. The predicted octanol–water partition coefficient (Wildman–Crippen LogP) is 1.63. The van der Waals surface area contributed by atoms with E-state index >= 15 is 0 Å². The zero-order chi connectivity index (χ0) is 15.6. The number of sulfonamides is 1. The average molecular weight is 336 g/mol. The number of benzene rings is 1. The lowest BCUT2D eigenvalue weighted by Crippen LogP contribution is -2.44. The van der Waals surface area contributed by atoms with Crippen LogP contribution in [0, 0.1) is 11.7 Å². The van der Waals surface area contributed by atoms with Gasteiger partial charge in [-0.25, -0.2) is 12.8 Å². The molecule has 1 heterocycles. The van der Waals surface area contributed by atoms with Crippen LogP contribution in [0.3, 0.4) is 0 Å². The van der Waals surface area contributed by atoms with Gasteiger partial charge in [-0.15, -0.1) is 0 Å². The largest absolute Gasteiger partial charge is 0.409 e. The fraction of sp³-hybridized carbons (Fsp3) is 0.417. The number of halogens is 2. The molecule has 1 atom stereocenters. The first-order chi connectivity index (χ1) is 9.86. The Labute approximate surface area is 127 Å². The molecular formula is C12H15ClFN3O3S. The topological polar surface area (TPSA) is 96.0 Å². The molecule has 0 amide bonds. The van der Waals surface area contributed by atoms with E-state index in [1.54, 1.807) is 0 Å². The zero-order valence-corrected chi connectivity index (χ0v) is 12.6. The number of hydrogen-bond acceptors (Lipinski definition) is 4. The molecule has 1 aromatic rings. The summed E-state index contributed by atoms with van der Waals surface area (Å²) >= 11 is 5.87. The van der Waals surface area contributed by atoms with Gasteiger partial charge in [0.25, 0.3) is 0 Å². The molecule has 6 nitrogen and oxygen atoms in total. The molecule has 0 aliphatic carbocycles. The summed E-state index contributed by atoms with van der Waals surface area (Å²) in [6.45, 7) is 0.357. The first-order valence-corrected chi connectivity index (χ1v) is 8.10. The molecule has 2 rings (SSSR count). The minimum Gasteiger partial charge on any atom is -0.409 e. The van der Waals surface area contributed by atoms with Crippen LogP contribution in [0.1, 0.15) is 12.8 Å². The third-order valence-corrected chi connectivity index (χ3v) is 5.78. The van der Waals surface area contributed by atoms with Crippen molar-refractivity contribution in [1.82, 2.24) is 4.31 Å². The SMILES string of the molecule is N/C(=N/O)C1CCCN(S(=O)(=O)c2cc(F)ccc2Cl)C1. The van der Waals surface area contributed by atoms with Crippen LogP contribution in [0.15, 0.2) is 28.3 Å². The van der Waals surface area contributed by atoms with Gasteiger partial charge in [0.15, 0.2) is 0 Å². The third-order valence-electron chi connectivity index (χ3n) is 3.43. The van der Waals surface area contributed by atoms with Gasteiger partial charge in [0, 0.05) is 19.0 Å². The molecule has 0 spiro atoms. The second-order valence-electron chi connectivity index (χ2n) is 4.80. The highest BCUT2D eigenvalue weighted by Crippen LogP contribution is 2.28. The molecule has 0 radical (unpaired) electrons. The van der Waals surface area contributed by atoms with E-state index in [1.165, 1.54) is 10.4 Å². The van der Waals surface area contributed by atoms with E-state index in [9.17, 15) is 12.8 Å². The maximum atomic E-state index is 13.3. The molecule has 21 heavy (non-hydrogen) atoms. The molecule has 116 valence electrons. The van der Waals surface area contributed by atoms with Gasteiger partial charge >= 0.3 is 0 Å². The molecule has 0 aromatic heterocycles. The van der Waals surface area contributed by atoms with Gasteiger partial charge in [-0.05, 0) is 31.0 Å². The van der Waals surface area contributed by atoms with Gasteiger partial charge in [0.2, 0.25) is 10.0 Å². The van der Waals surface area contributed by atoms with E-state index in [4.69, 9.17) is 22.5 Å². The number of oxime groups is 1. The van der Waals surface area contributed by atoms with Gasteiger partial charge < -0.3 is 10.9 Å². The number of nitrogens with zero attached hydrogens (tertiary/aromatic N) is 2. The van der Waals surface area contributed by atoms with Crippen LogP contribution in [0.5, 0.6) is 0 Å². The highest BCUT2D eigenvalue weighted by molar-refractivity contribution is 7.89. The van der Waals surface area contributed by atoms with E-state index in [2.05, 4.69) is 5.16 Å². The highest BCUT2D eigenvalue weighted by Gasteiger charge is 2.33. The Balaban J connectivity index is 2.33. The van der Waals surface area contributed by atoms with Crippen LogP contribution in [-0.2, 0) is 10.0 Å². The molecule has 1 saturated heterocycles. The third kappa shape index (κ3) is 3.28. The summed E-state index contributed by atoms with van der Waals surface area (Å²) in [6, 6.07) is 3.19. The Morgan fingerprint density at radius 1 is 1.52 bits per heavy atom. The number of rotatable bonds is 3. The summed E-state index contributed by atoms with van der Waals surface area (Å²) in [6.07, 6.45) is 1.19. The van der Waals surface area contributed by atoms with Crippen molar-refractivity contribution < 1.29 is 18.0 Å². The van der Waals surface area contributed by atoms with E-state index < -0.39 is 15.8 Å². The monoisotopic (exact) mass is 335 g/mol. The Bertz CT molecular complexity index is 666. The zero-order valence-electron chi connectivity index (χ0n) is 11.0. The number of nitrogens with two attached hydrogens (primary N) is 1. The fourth-order valence-corrected chi connectivity index (χ4v) is 4.31. The second kappa shape index (κ2) is 6.17. The van der Waals surface area contributed by atoms with Gasteiger partial charge in [-0.1, -0.05) is 16.8 Å². The Kier molecular flexibility index (Phi) is 4.70. The van der Waals surface area contributed by atoms with Gasteiger partial charge in [0.05, 0.1) is 5.02 Å². The summed E-state index contributed by atoms with van der Waals surface area (Å²) in [5.41, 5.74) is 5.54. The van der Waals surface area contributed by atoms with Crippen LogP contribution in [0.25, 0.3) is 0 Å². The Morgan fingerprint density at radius 3 is 2.90 bits per heavy atom. The van der Waals surface area contributed by atoms with Crippen molar-refractivity contribution >= 4 is 27.5 Å². The molecule has 0 saturated carbocycles. The van der Waals surface area contributed by atoms with Crippen LogP contribution in [-0.4, -0.2) is 36.9 Å². The minimum atomic E-state index is -3.92. The summed E-state index contributed by atoms with van der Waals surface area (Å²) in [5.74, 6) is -1.06. The maximum Gasteiger partial charge on any atom is 0.244 e. The Hall–Kier alpha value is -1.38. The lowest BCUT2D eigenvalue weighted by molar-refractivity contribution is 0.287. The summed E-state index contributed by atoms with van der Waals surface area (Å²) in [7, 11) is -3.92. The van der Waals surface area contributed by atoms with Crippen molar-refractivity contribution in [3.8, 4) is 0 Å². The summed E-state index contributed by atoms with van der Waals surface area (Å²) in [4.78, 5) is -0.274. The quantitative estimate of drug-likeness (QED) is 0.380. The van der Waals surface area contributed by atoms with Crippen molar-refractivity contribution in [3.05, 3.63) is 29.0 Å². The van der Waals surface area contributed by atoms with E-state index in [-0.39, 0.29) is 34.8 Å². The fourth-order valence-electron chi connectivity index (χ4n) is 2.30. The van der Waals surface area contributed by atoms with Gasteiger partial charge in [-0.3, -0.25) is 0 Å². The van der Waals surface area contributed by atoms with Gasteiger partial charge in [0.1, 0.15) is 16.5 Å². The summed E-state index contributed by atoms with van der Waals surface area (Å²) in [5, 5.41) is 11.6. The van der Waals surface area contributed by atoms with Crippen molar-refractivity contribution in [2.24, 2.45) is 16.8 Å². The lowest BCUT2D eigenvalue weighted by Gasteiger charge is -2.31. The molecule has 3 N–H and O–H groups in total. The van der Waals surface area contributed by atoms with Crippen molar-refractivity contribution in [2.45, 2.75) is 17.7 Å². The summed E-state index contributed by atoms with van der Waals surface area (Å²) < 4.78 is 39.6. The van der Waals surface area contributed by atoms with Crippen LogP contribution >= 0.6 is 11.6 Å². The lowest BCUT2D eigenvalue weighted by atomic mass is 9.99. The smallest absolute Gasteiger partial charge is 0.244 e. The molecule has 9 heteroatoms. The van der Waals surface area contributed by atoms with Crippen molar-refractivity contribution in [3.63, 3.8) is 0 Å². The molecule has 1 aliphatic heterocycles. The first kappa shape index (κ1) is 16.0. The number of amidine groups is 1. The molecule has 1 aliphatic rings. The van der Waals surface area contributed by atoms with Crippen LogP contribution < -0.4 is 5.73 Å². The van der Waals surface area contributed by atoms with Crippen LogP contribution in [0.4, 0.5) is 4.39 Å². The van der Waals surface area contributed by atoms with E-state index in [0.717, 1.165) is 12.1 Å². The molecule has 1 unspecified atom stereocenters. The van der Waals surface area contributed by atoms with Gasteiger partial charge in [-0.2, -0.15) is 4.31 Å².